The second-order valence-corrected chi connectivity index (χ2v) is 8.12. The second kappa shape index (κ2) is 6.35. The van der Waals surface area contributed by atoms with Gasteiger partial charge in [-0.2, -0.15) is 21.6 Å². The third kappa shape index (κ3) is 3.29. The Bertz CT molecular complexity index is 982. The summed E-state index contributed by atoms with van der Waals surface area (Å²) in [4.78, 5) is 10.8. The zero-order chi connectivity index (χ0) is 19.9. The highest BCUT2D eigenvalue weighted by Crippen LogP contribution is 2.40. The van der Waals surface area contributed by atoms with Crippen LogP contribution in [0.25, 0.3) is 5.76 Å². The van der Waals surface area contributed by atoms with Crippen molar-refractivity contribution in [3.05, 3.63) is 35.7 Å². The normalized spacial score (nSPS) is 16.7. The van der Waals surface area contributed by atoms with Crippen LogP contribution in [0.4, 0.5) is 18.0 Å². The minimum absolute atomic E-state index is 0.257. The van der Waals surface area contributed by atoms with E-state index in [0.29, 0.717) is 0 Å². The van der Waals surface area contributed by atoms with Gasteiger partial charge < -0.3 is 13.7 Å². The first-order chi connectivity index (χ1) is 11.8. The first-order valence-electron chi connectivity index (χ1n) is 6.42. The summed E-state index contributed by atoms with van der Waals surface area (Å²) >= 11 is 0. The molecule has 1 aromatic carbocycles. The first kappa shape index (κ1) is 19.8. The minimum Gasteiger partial charge on any atom is -0.437 e. The predicted octanol–water partition coefficient (Wildman–Crippen LogP) is 1.60. The zero-order valence-corrected chi connectivity index (χ0v) is 14.6. The number of carbonyl (C=O) groups is 1. The fraction of sp³-hybridized carbons (Fsp3) is 0.250. The molecular formula is C12H10F3NO8S2. The topological polar surface area (TPSA) is 116 Å². The molecule has 14 heteroatoms. The molecule has 1 aliphatic rings. The number of sulfonamides is 1. The Labute approximate surface area is 145 Å². The van der Waals surface area contributed by atoms with Crippen molar-refractivity contribution in [1.82, 2.24) is 4.31 Å². The fourth-order valence-electron chi connectivity index (χ4n) is 1.86. The van der Waals surface area contributed by atoms with Gasteiger partial charge in [-0.1, -0.05) is 12.1 Å². The largest absolute Gasteiger partial charge is 0.534 e. The monoisotopic (exact) mass is 417 g/mol. The number of carbonyl (C=O) groups excluding carboxylic acids is 1. The Morgan fingerprint density at radius 2 is 1.77 bits per heavy atom. The van der Waals surface area contributed by atoms with Gasteiger partial charge in [0, 0.05) is 12.6 Å². The van der Waals surface area contributed by atoms with Crippen LogP contribution in [0.3, 0.4) is 0 Å². The number of alkyl halides is 3. The van der Waals surface area contributed by atoms with E-state index < -0.39 is 53.9 Å². The number of methoxy groups -OCH3 is 1. The van der Waals surface area contributed by atoms with Gasteiger partial charge in [0.2, 0.25) is 5.76 Å². The van der Waals surface area contributed by atoms with Crippen molar-refractivity contribution in [3.63, 3.8) is 0 Å². The minimum atomic E-state index is -6.19. The maximum absolute atomic E-state index is 12.7. The van der Waals surface area contributed by atoms with E-state index >= 15 is 0 Å². The highest BCUT2D eigenvalue weighted by Gasteiger charge is 2.51. The molecule has 144 valence electrons. The molecule has 1 aromatic rings. The standard InChI is InChI=1S/C12H10F3NO8S2/c1-16-10(23-11(17)22-2)9(24-26(20,21)12(13,14)15)7-5-3-4-6-8(7)25(16,18)19/h3-6H,1-2H3. The van der Waals surface area contributed by atoms with Crippen LogP contribution in [0, 0.1) is 0 Å². The van der Waals surface area contributed by atoms with Crippen LogP contribution in [-0.4, -0.2) is 47.0 Å². The molecule has 0 saturated carbocycles. The van der Waals surface area contributed by atoms with E-state index in [0.717, 1.165) is 26.3 Å². The van der Waals surface area contributed by atoms with Crippen LogP contribution in [0.5, 0.6) is 0 Å². The SMILES string of the molecule is COC(=O)OC1=C(OS(=O)(=O)C(F)(F)F)c2ccccc2S(=O)(=O)N1C. The lowest BCUT2D eigenvalue weighted by molar-refractivity contribution is -0.0511. The van der Waals surface area contributed by atoms with Gasteiger partial charge in [0.25, 0.3) is 15.9 Å². The summed E-state index contributed by atoms with van der Waals surface area (Å²) < 4.78 is 98.6. The number of halogens is 3. The van der Waals surface area contributed by atoms with E-state index in [1.807, 2.05) is 0 Å². The quantitative estimate of drug-likeness (QED) is 0.414. The molecular weight excluding hydrogens is 407 g/mol. The van der Waals surface area contributed by atoms with Crippen molar-refractivity contribution in [1.29, 1.82) is 0 Å². The number of fused-ring (bicyclic) bond motifs is 1. The van der Waals surface area contributed by atoms with Gasteiger partial charge >= 0.3 is 21.8 Å². The van der Waals surface area contributed by atoms with Crippen LogP contribution in [-0.2, 0) is 33.8 Å². The molecule has 0 unspecified atom stereocenters. The van der Waals surface area contributed by atoms with Crippen LogP contribution in [0.2, 0.25) is 0 Å². The van der Waals surface area contributed by atoms with E-state index in [9.17, 15) is 34.8 Å². The molecule has 0 aromatic heterocycles. The number of hydrogen-bond acceptors (Lipinski definition) is 8. The molecule has 0 radical (unpaired) electrons. The van der Waals surface area contributed by atoms with E-state index in [-0.39, 0.29) is 4.31 Å². The van der Waals surface area contributed by atoms with Crippen molar-refractivity contribution in [3.8, 4) is 0 Å². The highest BCUT2D eigenvalue weighted by molar-refractivity contribution is 7.89. The molecule has 0 saturated heterocycles. The highest BCUT2D eigenvalue weighted by atomic mass is 32.2. The van der Waals surface area contributed by atoms with E-state index in [1.165, 1.54) is 12.1 Å². The number of ether oxygens (including phenoxy) is 2. The van der Waals surface area contributed by atoms with Gasteiger partial charge in [0.15, 0.2) is 0 Å². The molecule has 1 heterocycles. The van der Waals surface area contributed by atoms with Crippen LogP contribution < -0.4 is 0 Å². The average Bonchev–Trinajstić information content (AvgIpc) is 2.55. The number of rotatable bonds is 3. The van der Waals surface area contributed by atoms with Crippen molar-refractivity contribution >= 4 is 32.1 Å². The molecule has 0 bridgehead atoms. The van der Waals surface area contributed by atoms with Gasteiger partial charge in [-0.3, -0.25) is 0 Å². The van der Waals surface area contributed by atoms with Crippen molar-refractivity contribution in [2.45, 2.75) is 10.4 Å². The van der Waals surface area contributed by atoms with Gasteiger partial charge in [0.1, 0.15) is 0 Å². The number of benzene rings is 1. The lowest BCUT2D eigenvalue weighted by Gasteiger charge is -2.29. The third-order valence-electron chi connectivity index (χ3n) is 3.07. The molecule has 1 aliphatic heterocycles. The van der Waals surface area contributed by atoms with Gasteiger partial charge in [0.05, 0.1) is 12.0 Å². The van der Waals surface area contributed by atoms with Gasteiger partial charge in [-0.05, 0) is 12.1 Å². The van der Waals surface area contributed by atoms with Crippen molar-refractivity contribution < 1.29 is 48.5 Å². The average molecular weight is 417 g/mol. The summed E-state index contributed by atoms with van der Waals surface area (Å²) in [6, 6.07) is 4.48. The Balaban J connectivity index is 2.78. The summed E-state index contributed by atoms with van der Waals surface area (Å²) in [5.74, 6) is -2.25. The number of hydrogen-bond donors (Lipinski definition) is 0. The lowest BCUT2D eigenvalue weighted by Crippen LogP contribution is -2.35. The summed E-state index contributed by atoms with van der Waals surface area (Å²) in [6.45, 7) is 0. The van der Waals surface area contributed by atoms with Crippen LogP contribution in [0.15, 0.2) is 35.0 Å². The first-order valence-corrected chi connectivity index (χ1v) is 9.27. The molecule has 9 nitrogen and oxygen atoms in total. The predicted molar refractivity (Wildman–Crippen MR) is 77.9 cm³/mol. The fourth-order valence-corrected chi connectivity index (χ4v) is 3.66. The summed E-state index contributed by atoms with van der Waals surface area (Å²) in [5.41, 5.74) is -6.35. The molecule has 0 spiro atoms. The molecule has 0 atom stereocenters. The summed E-state index contributed by atoms with van der Waals surface area (Å²) in [5, 5.41) is 0. The van der Waals surface area contributed by atoms with Crippen molar-refractivity contribution in [2.24, 2.45) is 0 Å². The van der Waals surface area contributed by atoms with Crippen LogP contribution >= 0.6 is 0 Å². The Morgan fingerprint density at radius 3 is 2.31 bits per heavy atom. The molecule has 26 heavy (non-hydrogen) atoms. The van der Waals surface area contributed by atoms with E-state index in [2.05, 4.69) is 13.7 Å². The summed E-state index contributed by atoms with van der Waals surface area (Å²) in [6.07, 6.45) is -1.51. The molecule has 0 aliphatic carbocycles. The molecule has 0 amide bonds. The van der Waals surface area contributed by atoms with Crippen LogP contribution in [0.1, 0.15) is 5.56 Å². The van der Waals surface area contributed by atoms with Gasteiger partial charge in [-0.15, -0.1) is 0 Å². The van der Waals surface area contributed by atoms with E-state index in [4.69, 9.17) is 0 Å². The lowest BCUT2D eigenvalue weighted by atomic mass is 10.2. The smallest absolute Gasteiger partial charge is 0.437 e. The second-order valence-electron chi connectivity index (χ2n) is 4.64. The number of nitrogens with zero attached hydrogens (tertiary/aromatic N) is 1. The Kier molecular flexibility index (Phi) is 4.85. The van der Waals surface area contributed by atoms with Gasteiger partial charge in [-0.25, -0.2) is 17.5 Å². The molecule has 0 N–H and O–H groups in total. The van der Waals surface area contributed by atoms with Crippen molar-refractivity contribution in [2.75, 3.05) is 14.2 Å². The Hall–Kier alpha value is -2.48. The van der Waals surface area contributed by atoms with E-state index in [1.54, 1.807) is 0 Å². The zero-order valence-electron chi connectivity index (χ0n) is 13.0. The maximum atomic E-state index is 12.7. The summed E-state index contributed by atoms with van der Waals surface area (Å²) in [7, 11) is -8.87. The molecule has 0 fully saturated rings. The third-order valence-corrected chi connectivity index (χ3v) is 5.83. The molecule has 2 rings (SSSR count). The maximum Gasteiger partial charge on any atom is 0.534 e. The Morgan fingerprint density at radius 1 is 1.19 bits per heavy atom.